The number of hydrogen-bond acceptors (Lipinski definition) is 5. The number of halogens is 1. The number of hydrogen-bond donors (Lipinski definition) is 1. The molecule has 0 fully saturated rings. The number of ether oxygens (including phenoxy) is 1. The molecule has 0 aliphatic carbocycles. The molecule has 0 saturated heterocycles. The van der Waals surface area contributed by atoms with Crippen molar-refractivity contribution in [3.63, 3.8) is 0 Å². The molecule has 6 nitrogen and oxygen atoms in total. The minimum absolute atomic E-state index is 0.0829. The molecular weight excluding hydrogens is 312 g/mol. The Morgan fingerprint density at radius 1 is 1.48 bits per heavy atom. The van der Waals surface area contributed by atoms with Gasteiger partial charge in [-0.25, -0.2) is 4.98 Å². The average Bonchev–Trinajstić information content (AvgIpc) is 3.03. The van der Waals surface area contributed by atoms with Crippen molar-refractivity contribution in [2.24, 2.45) is 0 Å². The van der Waals surface area contributed by atoms with Gasteiger partial charge in [0.05, 0.1) is 19.0 Å². The quantitative estimate of drug-likeness (QED) is 0.748. The zero-order chi connectivity index (χ0) is 15.0. The number of aromatic nitrogens is 4. The molecular formula is C13H13ClN4O2S. The molecule has 0 spiro atoms. The van der Waals surface area contributed by atoms with Gasteiger partial charge in [0.2, 0.25) is 5.88 Å². The van der Waals surface area contributed by atoms with Gasteiger partial charge in [-0.05, 0) is 13.0 Å². The van der Waals surface area contributed by atoms with Crippen molar-refractivity contribution in [1.29, 1.82) is 0 Å². The van der Waals surface area contributed by atoms with Gasteiger partial charge in [-0.2, -0.15) is 4.98 Å². The summed E-state index contributed by atoms with van der Waals surface area (Å²) >= 11 is 7.34. The first kappa shape index (κ1) is 14.1. The minimum Gasteiger partial charge on any atom is -0.481 e. The molecule has 3 rings (SSSR count). The summed E-state index contributed by atoms with van der Waals surface area (Å²) in [6.45, 7) is 2.31. The monoisotopic (exact) mass is 324 g/mol. The second-order valence-electron chi connectivity index (χ2n) is 4.54. The molecule has 8 heteroatoms. The normalized spacial score (nSPS) is 12.7. The smallest absolute Gasteiger partial charge is 0.304 e. The zero-order valence-electron chi connectivity index (χ0n) is 11.5. The number of fused-ring (bicyclic) bond motifs is 1. The summed E-state index contributed by atoms with van der Waals surface area (Å²) in [5, 5.41) is 1.52. The Kier molecular flexibility index (Phi) is 3.69. The first-order chi connectivity index (χ1) is 10.1. The van der Waals surface area contributed by atoms with Gasteiger partial charge in [0, 0.05) is 17.1 Å². The molecule has 3 heterocycles. The van der Waals surface area contributed by atoms with Crippen LogP contribution in [0.1, 0.15) is 23.8 Å². The lowest BCUT2D eigenvalue weighted by Crippen LogP contribution is -2.08. The standard InChI is InChI=1S/C13H13ClN4O2S/c1-7(14)11-16-9-3-4-10(20-2)17-12(9)18(11)5-8-6-21-13(19)15-8/h3-4,6-7H,5H2,1-2H3,(H,15,19). The number of aromatic amines is 1. The van der Waals surface area contributed by atoms with Crippen LogP contribution in [0.4, 0.5) is 0 Å². The van der Waals surface area contributed by atoms with E-state index >= 15 is 0 Å². The summed E-state index contributed by atoms with van der Waals surface area (Å²) in [4.78, 5) is 22.9. The first-order valence-corrected chi connectivity index (χ1v) is 7.62. The molecule has 21 heavy (non-hydrogen) atoms. The average molecular weight is 325 g/mol. The van der Waals surface area contributed by atoms with Crippen LogP contribution in [0.2, 0.25) is 0 Å². The number of methoxy groups -OCH3 is 1. The highest BCUT2D eigenvalue weighted by atomic mass is 35.5. The van der Waals surface area contributed by atoms with Gasteiger partial charge >= 0.3 is 4.87 Å². The lowest BCUT2D eigenvalue weighted by molar-refractivity contribution is 0.399. The van der Waals surface area contributed by atoms with E-state index in [4.69, 9.17) is 16.3 Å². The van der Waals surface area contributed by atoms with Crippen LogP contribution in [0.15, 0.2) is 22.3 Å². The third kappa shape index (κ3) is 2.66. The van der Waals surface area contributed by atoms with Crippen molar-refractivity contribution in [1.82, 2.24) is 19.5 Å². The molecule has 1 atom stereocenters. The third-order valence-electron chi connectivity index (χ3n) is 3.06. The lowest BCUT2D eigenvalue weighted by Gasteiger charge is -2.08. The summed E-state index contributed by atoms with van der Waals surface area (Å²) in [5.74, 6) is 1.22. The molecule has 1 N–H and O–H groups in total. The maximum absolute atomic E-state index is 11.3. The van der Waals surface area contributed by atoms with E-state index in [1.165, 1.54) is 0 Å². The number of rotatable bonds is 4. The molecule has 3 aromatic heterocycles. The number of nitrogens with one attached hydrogen (secondary N) is 1. The second kappa shape index (κ2) is 5.50. The van der Waals surface area contributed by atoms with E-state index in [2.05, 4.69) is 15.0 Å². The Morgan fingerprint density at radius 3 is 2.90 bits per heavy atom. The summed E-state index contributed by atoms with van der Waals surface area (Å²) in [5.41, 5.74) is 2.23. The largest absolute Gasteiger partial charge is 0.481 e. The number of alkyl halides is 1. The summed E-state index contributed by atoms with van der Waals surface area (Å²) in [6, 6.07) is 3.60. The molecule has 0 radical (unpaired) electrons. The van der Waals surface area contributed by atoms with E-state index in [0.717, 1.165) is 22.5 Å². The number of nitrogens with zero attached hydrogens (tertiary/aromatic N) is 3. The van der Waals surface area contributed by atoms with Gasteiger partial charge in [-0.3, -0.25) is 4.79 Å². The van der Waals surface area contributed by atoms with E-state index in [1.807, 2.05) is 17.6 Å². The van der Waals surface area contributed by atoms with E-state index in [1.54, 1.807) is 18.6 Å². The Morgan fingerprint density at radius 2 is 2.29 bits per heavy atom. The van der Waals surface area contributed by atoms with Crippen LogP contribution in [0.3, 0.4) is 0 Å². The highest BCUT2D eigenvalue weighted by Crippen LogP contribution is 2.25. The van der Waals surface area contributed by atoms with Crippen LogP contribution in [0.5, 0.6) is 5.88 Å². The molecule has 3 aromatic rings. The molecule has 0 aliphatic rings. The molecule has 0 aromatic carbocycles. The molecule has 0 bridgehead atoms. The Hall–Kier alpha value is -1.86. The van der Waals surface area contributed by atoms with E-state index < -0.39 is 0 Å². The maximum atomic E-state index is 11.3. The number of thiazole rings is 1. The van der Waals surface area contributed by atoms with Gasteiger partial charge in [0.1, 0.15) is 11.3 Å². The van der Waals surface area contributed by atoms with Crippen LogP contribution in [0, 0.1) is 0 Å². The van der Waals surface area contributed by atoms with Crippen LogP contribution < -0.4 is 9.61 Å². The minimum atomic E-state index is -0.268. The van der Waals surface area contributed by atoms with E-state index in [0.29, 0.717) is 23.9 Å². The second-order valence-corrected chi connectivity index (χ2v) is 6.04. The summed E-state index contributed by atoms with van der Waals surface area (Å²) in [6.07, 6.45) is 0. The van der Waals surface area contributed by atoms with Crippen molar-refractivity contribution in [3.05, 3.63) is 38.7 Å². The Balaban J connectivity index is 2.16. The number of H-pyrrole nitrogens is 1. The van der Waals surface area contributed by atoms with Gasteiger partial charge < -0.3 is 14.3 Å². The van der Waals surface area contributed by atoms with Crippen LogP contribution >= 0.6 is 22.9 Å². The highest BCUT2D eigenvalue weighted by Gasteiger charge is 2.17. The van der Waals surface area contributed by atoms with Crippen molar-refractivity contribution >= 4 is 34.1 Å². The van der Waals surface area contributed by atoms with Crippen LogP contribution in [-0.2, 0) is 6.54 Å². The molecule has 0 aliphatic heterocycles. The van der Waals surface area contributed by atoms with Crippen molar-refractivity contribution < 1.29 is 4.74 Å². The number of imidazole rings is 1. The zero-order valence-corrected chi connectivity index (χ0v) is 13.0. The van der Waals surface area contributed by atoms with Gasteiger partial charge in [-0.1, -0.05) is 11.3 Å². The molecule has 0 saturated carbocycles. The van der Waals surface area contributed by atoms with Gasteiger partial charge in [0.25, 0.3) is 0 Å². The van der Waals surface area contributed by atoms with Crippen LogP contribution in [-0.4, -0.2) is 26.6 Å². The maximum Gasteiger partial charge on any atom is 0.304 e. The van der Waals surface area contributed by atoms with E-state index in [-0.39, 0.29) is 10.3 Å². The Labute approximate surface area is 129 Å². The Bertz CT molecular complexity index is 836. The molecule has 1 unspecified atom stereocenters. The van der Waals surface area contributed by atoms with Crippen molar-refractivity contribution in [2.45, 2.75) is 18.8 Å². The fraction of sp³-hybridized carbons (Fsp3) is 0.308. The summed E-state index contributed by atoms with van der Waals surface area (Å²) < 4.78 is 7.06. The number of pyridine rings is 1. The third-order valence-corrected chi connectivity index (χ3v) is 3.97. The van der Waals surface area contributed by atoms with Gasteiger partial charge in [-0.15, -0.1) is 11.6 Å². The lowest BCUT2D eigenvalue weighted by atomic mass is 10.4. The highest BCUT2D eigenvalue weighted by molar-refractivity contribution is 7.07. The first-order valence-electron chi connectivity index (χ1n) is 6.30. The SMILES string of the molecule is COc1ccc2nc(C(C)Cl)n(Cc3csc(=O)[nH]3)c2n1. The van der Waals surface area contributed by atoms with Crippen molar-refractivity contribution in [3.8, 4) is 5.88 Å². The molecule has 0 amide bonds. The predicted molar refractivity (Wildman–Crippen MR) is 82.4 cm³/mol. The van der Waals surface area contributed by atoms with Gasteiger partial charge in [0.15, 0.2) is 5.65 Å². The topological polar surface area (TPSA) is 72.8 Å². The summed E-state index contributed by atoms with van der Waals surface area (Å²) in [7, 11) is 1.57. The van der Waals surface area contributed by atoms with Crippen LogP contribution in [0.25, 0.3) is 11.2 Å². The fourth-order valence-electron chi connectivity index (χ4n) is 2.14. The predicted octanol–water partition coefficient (Wildman–Crippen LogP) is 2.54. The van der Waals surface area contributed by atoms with Crippen molar-refractivity contribution in [2.75, 3.05) is 7.11 Å². The van der Waals surface area contributed by atoms with E-state index in [9.17, 15) is 4.79 Å². The fourth-order valence-corrected chi connectivity index (χ4v) is 2.88. The molecule has 110 valence electrons.